The molecule has 0 atom stereocenters. The van der Waals surface area contributed by atoms with Gasteiger partial charge in [-0.2, -0.15) is 0 Å². The summed E-state index contributed by atoms with van der Waals surface area (Å²) in [4.78, 5) is 17.4. The summed E-state index contributed by atoms with van der Waals surface area (Å²) in [5.41, 5.74) is 0.910. The summed E-state index contributed by atoms with van der Waals surface area (Å²) >= 11 is 0. The van der Waals surface area contributed by atoms with E-state index in [2.05, 4.69) is 18.7 Å². The Labute approximate surface area is 216 Å². The van der Waals surface area contributed by atoms with Gasteiger partial charge < -0.3 is 14.5 Å². The Hall–Kier alpha value is -2.58. The normalized spacial score (nSPS) is 14.4. The van der Waals surface area contributed by atoms with Crippen LogP contribution in [0.5, 0.6) is 11.5 Å². The number of carbonyl (C=O) groups excluding carboxylic acids is 1. The molecule has 0 heterocycles. The number of benzene rings is 2. The topological polar surface area (TPSA) is 92.9 Å². The molecule has 1 aliphatic carbocycles. The van der Waals surface area contributed by atoms with Crippen molar-refractivity contribution in [3.05, 3.63) is 48.0 Å². The lowest BCUT2D eigenvalue weighted by molar-refractivity contribution is 0.0696. The molecule has 1 fully saturated rings. The highest BCUT2D eigenvalue weighted by atomic mass is 32.2. The number of primary sulfonamides is 1. The van der Waals surface area contributed by atoms with E-state index >= 15 is 0 Å². The molecule has 0 unspecified atom stereocenters. The van der Waals surface area contributed by atoms with Crippen molar-refractivity contribution in [3.8, 4) is 11.5 Å². The number of carbonyl (C=O) groups is 1. The Morgan fingerprint density at radius 3 is 2.17 bits per heavy atom. The second-order valence-corrected chi connectivity index (χ2v) is 11.2. The van der Waals surface area contributed by atoms with E-state index in [-0.39, 0.29) is 22.6 Å². The first-order valence-corrected chi connectivity index (χ1v) is 14.8. The smallest absolute Gasteiger partial charge is 0.253 e. The number of nitrogens with two attached hydrogens (primary N) is 1. The quantitative estimate of drug-likeness (QED) is 0.378. The largest absolute Gasteiger partial charge is 0.454 e. The molecule has 1 saturated carbocycles. The summed E-state index contributed by atoms with van der Waals surface area (Å²) < 4.78 is 31.9. The van der Waals surface area contributed by atoms with Gasteiger partial charge in [-0.15, -0.1) is 0 Å². The molecule has 3 rings (SSSR count). The predicted octanol–water partition coefficient (Wildman–Crippen LogP) is 5.94. The van der Waals surface area contributed by atoms with Crippen LogP contribution in [-0.2, 0) is 10.0 Å². The van der Waals surface area contributed by atoms with Crippen molar-refractivity contribution in [3.63, 3.8) is 0 Å². The highest BCUT2D eigenvalue weighted by Gasteiger charge is 2.29. The third kappa shape index (κ3) is 7.23. The molecular formula is C28H41N3O4S. The van der Waals surface area contributed by atoms with Gasteiger partial charge in [0.25, 0.3) is 5.91 Å². The molecule has 0 radical (unpaired) electrons. The van der Waals surface area contributed by atoms with E-state index in [0.717, 1.165) is 64.5 Å². The van der Waals surface area contributed by atoms with Gasteiger partial charge in [-0.25, -0.2) is 13.6 Å². The molecule has 2 N–H and O–H groups in total. The minimum absolute atomic E-state index is 0.157. The standard InChI is InChI=1S/C28H41N3O4S/c1-4-6-18-31(19-7-5-2)25-20-22(28(32)30(3)23-14-10-8-11-15-23)21-26(36(29,33)34)27(25)35-24-16-12-9-13-17-24/h9,12-13,16-17,20-21,23H,4-8,10-11,14-15,18-19H2,1-3H3,(H2,29,33,34). The van der Waals surface area contributed by atoms with Crippen LogP contribution in [0.4, 0.5) is 5.69 Å². The number of anilines is 1. The van der Waals surface area contributed by atoms with E-state index in [1.807, 2.05) is 25.2 Å². The highest BCUT2D eigenvalue weighted by Crippen LogP contribution is 2.40. The van der Waals surface area contributed by atoms with Crippen LogP contribution >= 0.6 is 0 Å². The number of amides is 1. The zero-order valence-corrected chi connectivity index (χ0v) is 22.7. The van der Waals surface area contributed by atoms with E-state index < -0.39 is 10.0 Å². The van der Waals surface area contributed by atoms with Crippen molar-refractivity contribution in [2.45, 2.75) is 82.6 Å². The highest BCUT2D eigenvalue weighted by molar-refractivity contribution is 7.89. The van der Waals surface area contributed by atoms with Gasteiger partial charge in [0.05, 0.1) is 5.69 Å². The number of sulfonamides is 1. The van der Waals surface area contributed by atoms with E-state index in [1.165, 1.54) is 12.5 Å². The van der Waals surface area contributed by atoms with Gasteiger partial charge in [0.2, 0.25) is 10.0 Å². The van der Waals surface area contributed by atoms with Crippen LogP contribution in [0, 0.1) is 0 Å². The zero-order chi connectivity index (χ0) is 26.1. The number of rotatable bonds is 12. The van der Waals surface area contributed by atoms with Crippen LogP contribution in [0.1, 0.15) is 82.0 Å². The molecule has 0 aliphatic heterocycles. The first-order chi connectivity index (χ1) is 17.3. The number of hydrogen-bond donors (Lipinski definition) is 1. The van der Waals surface area contributed by atoms with Crippen molar-refractivity contribution in [1.29, 1.82) is 0 Å². The molecule has 2 aromatic rings. The van der Waals surface area contributed by atoms with Crippen molar-refractivity contribution in [2.24, 2.45) is 5.14 Å². The summed E-state index contributed by atoms with van der Waals surface area (Å²) in [5, 5.41) is 5.72. The van der Waals surface area contributed by atoms with Crippen molar-refractivity contribution in [1.82, 2.24) is 4.90 Å². The lowest BCUT2D eigenvalue weighted by Crippen LogP contribution is -2.38. The Balaban J connectivity index is 2.16. The number of ether oxygens (including phenoxy) is 1. The van der Waals surface area contributed by atoms with Gasteiger partial charge in [0, 0.05) is 31.7 Å². The summed E-state index contributed by atoms with van der Waals surface area (Å²) in [6.07, 6.45) is 9.15. The maximum atomic E-state index is 13.6. The molecule has 198 valence electrons. The summed E-state index contributed by atoms with van der Waals surface area (Å²) in [5.74, 6) is 0.492. The summed E-state index contributed by atoms with van der Waals surface area (Å²) in [6.45, 7) is 5.69. The fourth-order valence-electron chi connectivity index (χ4n) is 4.75. The van der Waals surface area contributed by atoms with E-state index in [4.69, 9.17) is 9.88 Å². The molecule has 8 heteroatoms. The lowest BCUT2D eigenvalue weighted by atomic mass is 9.94. The first kappa shape index (κ1) is 28.0. The third-order valence-electron chi connectivity index (χ3n) is 6.90. The molecule has 0 aromatic heterocycles. The number of hydrogen-bond acceptors (Lipinski definition) is 5. The SMILES string of the molecule is CCCCN(CCCC)c1cc(C(=O)N(C)C2CCCCC2)cc(S(N)(=O)=O)c1Oc1ccccc1. The average Bonchev–Trinajstić information content (AvgIpc) is 2.88. The minimum atomic E-state index is -4.18. The predicted molar refractivity (Wildman–Crippen MR) is 145 cm³/mol. The van der Waals surface area contributed by atoms with Gasteiger partial charge in [-0.05, 0) is 49.9 Å². The fourth-order valence-corrected chi connectivity index (χ4v) is 5.45. The van der Waals surface area contributed by atoms with Crippen molar-refractivity contribution >= 4 is 21.6 Å². The Bertz CT molecular complexity index is 1090. The van der Waals surface area contributed by atoms with Gasteiger partial charge in [0.15, 0.2) is 5.75 Å². The molecule has 1 aliphatic rings. The van der Waals surface area contributed by atoms with Gasteiger partial charge in [-0.1, -0.05) is 64.2 Å². The van der Waals surface area contributed by atoms with Crippen molar-refractivity contribution in [2.75, 3.05) is 25.0 Å². The molecule has 2 aromatic carbocycles. The second kappa shape index (κ2) is 13.1. The summed E-state index contributed by atoms with van der Waals surface area (Å²) in [7, 11) is -2.37. The van der Waals surface area contributed by atoms with E-state index in [1.54, 1.807) is 23.1 Å². The van der Waals surface area contributed by atoms with Crippen LogP contribution in [0.25, 0.3) is 0 Å². The number of para-hydroxylation sites is 1. The van der Waals surface area contributed by atoms with Gasteiger partial charge >= 0.3 is 0 Å². The van der Waals surface area contributed by atoms with Gasteiger partial charge in [0.1, 0.15) is 10.6 Å². The Kier molecular flexibility index (Phi) is 10.2. The van der Waals surface area contributed by atoms with Crippen LogP contribution in [0.3, 0.4) is 0 Å². The molecule has 0 bridgehead atoms. The van der Waals surface area contributed by atoms with Gasteiger partial charge in [-0.3, -0.25) is 4.79 Å². The maximum absolute atomic E-state index is 13.6. The molecule has 7 nitrogen and oxygen atoms in total. The zero-order valence-electron chi connectivity index (χ0n) is 21.9. The van der Waals surface area contributed by atoms with Crippen molar-refractivity contribution < 1.29 is 17.9 Å². The monoisotopic (exact) mass is 515 g/mol. The maximum Gasteiger partial charge on any atom is 0.253 e. The van der Waals surface area contributed by atoms with E-state index in [0.29, 0.717) is 17.0 Å². The van der Waals surface area contributed by atoms with E-state index in [9.17, 15) is 13.2 Å². The third-order valence-corrected chi connectivity index (χ3v) is 7.81. The van der Waals surface area contributed by atoms with Crippen LogP contribution in [0.15, 0.2) is 47.4 Å². The molecule has 36 heavy (non-hydrogen) atoms. The second-order valence-electron chi connectivity index (χ2n) is 9.68. The Morgan fingerprint density at radius 1 is 1.00 bits per heavy atom. The minimum Gasteiger partial charge on any atom is -0.454 e. The molecule has 0 spiro atoms. The molecular weight excluding hydrogens is 474 g/mol. The molecule has 1 amide bonds. The van der Waals surface area contributed by atoms with Crippen LogP contribution in [-0.4, -0.2) is 45.4 Å². The molecule has 0 saturated heterocycles. The first-order valence-electron chi connectivity index (χ1n) is 13.2. The number of unbranched alkanes of at least 4 members (excludes halogenated alkanes) is 2. The van der Waals surface area contributed by atoms with Crippen LogP contribution < -0.4 is 14.8 Å². The Morgan fingerprint density at radius 2 is 1.61 bits per heavy atom. The average molecular weight is 516 g/mol. The fraction of sp³-hybridized carbons (Fsp3) is 0.536. The number of nitrogens with zero attached hydrogens (tertiary/aromatic N) is 2. The van der Waals surface area contributed by atoms with Crippen LogP contribution in [0.2, 0.25) is 0 Å². The lowest BCUT2D eigenvalue weighted by Gasteiger charge is -2.32. The summed E-state index contributed by atoms with van der Waals surface area (Å²) in [6, 6.07) is 12.4.